The van der Waals surface area contributed by atoms with Gasteiger partial charge >= 0.3 is 6.18 Å². The zero-order valence-electron chi connectivity index (χ0n) is 6.94. The van der Waals surface area contributed by atoms with Crippen LogP contribution in [0.25, 0.3) is 0 Å². The zero-order valence-corrected chi connectivity index (χ0v) is 6.94. The minimum Gasteiger partial charge on any atom is -0.481 e. The minimum atomic E-state index is -4.49. The Labute approximate surface area is 77.3 Å². The molecule has 0 aliphatic carbocycles. The lowest BCUT2D eigenvalue weighted by Gasteiger charge is -2.09. The number of nitrogen functional groups attached to an aromatic ring is 1. The van der Waals surface area contributed by atoms with Gasteiger partial charge in [-0.1, -0.05) is 0 Å². The fourth-order valence-corrected chi connectivity index (χ4v) is 0.790. The van der Waals surface area contributed by atoms with Crippen molar-refractivity contribution in [3.05, 3.63) is 24.0 Å². The van der Waals surface area contributed by atoms with Gasteiger partial charge in [-0.2, -0.15) is 13.2 Å². The Hall–Kier alpha value is -1.46. The minimum absolute atomic E-state index is 0.142. The van der Waals surface area contributed by atoms with E-state index in [-0.39, 0.29) is 5.69 Å². The van der Waals surface area contributed by atoms with Crippen molar-refractivity contribution < 1.29 is 22.3 Å². The third kappa shape index (κ3) is 3.12. The molecular weight excluding hydrogens is 202 g/mol. The Morgan fingerprint density at radius 2 is 1.93 bits per heavy atom. The number of nitrogens with two attached hydrogens (primary N) is 1. The van der Waals surface area contributed by atoms with Crippen LogP contribution in [0.2, 0.25) is 0 Å². The van der Waals surface area contributed by atoms with Gasteiger partial charge in [0.1, 0.15) is 0 Å². The maximum absolute atomic E-state index is 12.8. The predicted octanol–water partition coefficient (Wildman–Crippen LogP) is 2.35. The quantitative estimate of drug-likeness (QED) is 0.599. The zero-order chi connectivity index (χ0) is 10.8. The van der Waals surface area contributed by atoms with E-state index < -0.39 is 24.3 Å². The van der Waals surface area contributed by atoms with Crippen LogP contribution in [0.3, 0.4) is 0 Å². The lowest BCUT2D eigenvalue weighted by molar-refractivity contribution is -0.153. The summed E-state index contributed by atoms with van der Waals surface area (Å²) in [7, 11) is 0. The number of ether oxygens (including phenoxy) is 1. The summed E-state index contributed by atoms with van der Waals surface area (Å²) < 4.78 is 52.1. The Kier molecular flexibility index (Phi) is 2.83. The van der Waals surface area contributed by atoms with Gasteiger partial charge in [0.2, 0.25) is 0 Å². The third-order valence-corrected chi connectivity index (χ3v) is 1.35. The van der Waals surface area contributed by atoms with Gasteiger partial charge in [-0.25, -0.2) is 4.39 Å². The number of halogens is 4. The molecule has 6 heteroatoms. The average Bonchev–Trinajstić information content (AvgIpc) is 2.05. The Bertz CT molecular complexity index is 324. The summed E-state index contributed by atoms with van der Waals surface area (Å²) in [6.07, 6.45) is -4.49. The summed E-state index contributed by atoms with van der Waals surface area (Å²) in [6.45, 7) is -1.53. The van der Waals surface area contributed by atoms with Crippen LogP contribution in [0.15, 0.2) is 18.2 Å². The van der Waals surface area contributed by atoms with Crippen LogP contribution in [0.4, 0.5) is 23.2 Å². The second-order valence-electron chi connectivity index (χ2n) is 2.59. The molecule has 0 saturated carbocycles. The first kappa shape index (κ1) is 10.6. The molecule has 0 spiro atoms. The molecule has 0 heterocycles. The molecule has 1 aromatic rings. The summed E-state index contributed by atoms with van der Waals surface area (Å²) in [4.78, 5) is 0. The van der Waals surface area contributed by atoms with Gasteiger partial charge in [0.05, 0.1) is 0 Å². The Morgan fingerprint density at radius 3 is 2.50 bits per heavy atom. The van der Waals surface area contributed by atoms with Gasteiger partial charge in [-0.3, -0.25) is 0 Å². The molecule has 2 N–H and O–H groups in total. The van der Waals surface area contributed by atoms with Crippen LogP contribution >= 0.6 is 0 Å². The van der Waals surface area contributed by atoms with Crippen molar-refractivity contribution in [3.8, 4) is 5.75 Å². The topological polar surface area (TPSA) is 35.2 Å². The van der Waals surface area contributed by atoms with Crippen molar-refractivity contribution in [2.45, 2.75) is 6.18 Å². The maximum Gasteiger partial charge on any atom is 0.422 e. The van der Waals surface area contributed by atoms with Crippen LogP contribution in [0.5, 0.6) is 5.75 Å². The summed E-state index contributed by atoms with van der Waals surface area (Å²) in [5.74, 6) is -1.37. The highest BCUT2D eigenvalue weighted by molar-refractivity contribution is 5.44. The molecule has 0 aromatic heterocycles. The van der Waals surface area contributed by atoms with E-state index in [4.69, 9.17) is 5.73 Å². The number of benzene rings is 1. The number of rotatable bonds is 2. The van der Waals surface area contributed by atoms with E-state index in [0.29, 0.717) is 0 Å². The summed E-state index contributed by atoms with van der Waals surface area (Å²) >= 11 is 0. The normalized spacial score (nSPS) is 11.4. The Balaban J connectivity index is 2.72. The molecule has 0 unspecified atom stereocenters. The molecule has 0 amide bonds. The van der Waals surface area contributed by atoms with Crippen LogP contribution in [0.1, 0.15) is 0 Å². The number of alkyl halides is 3. The average molecular weight is 209 g/mol. The van der Waals surface area contributed by atoms with Crippen molar-refractivity contribution in [2.75, 3.05) is 12.3 Å². The van der Waals surface area contributed by atoms with Gasteiger partial charge in [-0.05, 0) is 12.1 Å². The molecule has 0 saturated heterocycles. The van der Waals surface area contributed by atoms with E-state index in [9.17, 15) is 17.6 Å². The fourth-order valence-electron chi connectivity index (χ4n) is 0.790. The monoisotopic (exact) mass is 209 g/mol. The molecular formula is C8H7F4NO. The van der Waals surface area contributed by atoms with Crippen LogP contribution in [-0.2, 0) is 0 Å². The van der Waals surface area contributed by atoms with Crippen LogP contribution in [0, 0.1) is 5.82 Å². The van der Waals surface area contributed by atoms with Crippen molar-refractivity contribution in [1.82, 2.24) is 0 Å². The molecule has 0 aliphatic rings. The highest BCUT2D eigenvalue weighted by Gasteiger charge is 2.28. The molecule has 1 rings (SSSR count). The third-order valence-electron chi connectivity index (χ3n) is 1.35. The molecule has 0 bridgehead atoms. The van der Waals surface area contributed by atoms with E-state index in [0.717, 1.165) is 12.1 Å². The smallest absolute Gasteiger partial charge is 0.422 e. The molecule has 0 aliphatic heterocycles. The molecule has 0 radical (unpaired) electrons. The number of hydrogen-bond donors (Lipinski definition) is 1. The first-order chi connectivity index (χ1) is 6.38. The summed E-state index contributed by atoms with van der Waals surface area (Å²) in [5.41, 5.74) is 5.38. The van der Waals surface area contributed by atoms with Crippen molar-refractivity contribution in [1.29, 1.82) is 0 Å². The van der Waals surface area contributed by atoms with Gasteiger partial charge in [0.25, 0.3) is 0 Å². The van der Waals surface area contributed by atoms with Crippen molar-refractivity contribution in [3.63, 3.8) is 0 Å². The highest BCUT2D eigenvalue weighted by atomic mass is 19.4. The van der Waals surface area contributed by atoms with E-state index in [1.54, 1.807) is 0 Å². The molecule has 0 fully saturated rings. The van der Waals surface area contributed by atoms with Gasteiger partial charge < -0.3 is 10.5 Å². The number of hydrogen-bond acceptors (Lipinski definition) is 2. The summed E-state index contributed by atoms with van der Waals surface area (Å²) in [5, 5.41) is 0. The first-order valence-electron chi connectivity index (χ1n) is 3.63. The van der Waals surface area contributed by atoms with E-state index in [1.165, 1.54) is 6.07 Å². The Morgan fingerprint density at radius 1 is 1.29 bits per heavy atom. The standard InChI is InChI=1S/C8H7F4NO/c9-6-2-1-5(13)3-7(6)14-4-8(10,11)12/h1-3H,4,13H2. The van der Waals surface area contributed by atoms with Crippen LogP contribution < -0.4 is 10.5 Å². The molecule has 14 heavy (non-hydrogen) atoms. The summed E-state index contributed by atoms with van der Waals surface area (Å²) in [6, 6.07) is 3.18. The predicted molar refractivity (Wildman–Crippen MR) is 42.4 cm³/mol. The maximum atomic E-state index is 12.8. The molecule has 2 nitrogen and oxygen atoms in total. The second kappa shape index (κ2) is 3.73. The molecule has 0 atom stereocenters. The van der Waals surface area contributed by atoms with Gasteiger partial charge in [-0.15, -0.1) is 0 Å². The van der Waals surface area contributed by atoms with Crippen molar-refractivity contribution >= 4 is 5.69 Å². The second-order valence-corrected chi connectivity index (χ2v) is 2.59. The van der Waals surface area contributed by atoms with Gasteiger partial charge in [0, 0.05) is 11.8 Å². The molecule has 1 aromatic carbocycles. The fraction of sp³-hybridized carbons (Fsp3) is 0.250. The van der Waals surface area contributed by atoms with E-state index in [1.807, 2.05) is 0 Å². The lowest BCUT2D eigenvalue weighted by atomic mass is 10.3. The largest absolute Gasteiger partial charge is 0.481 e. The molecule has 78 valence electrons. The number of anilines is 1. The SMILES string of the molecule is Nc1ccc(F)c(OCC(F)(F)F)c1. The van der Waals surface area contributed by atoms with E-state index in [2.05, 4.69) is 4.74 Å². The van der Waals surface area contributed by atoms with Crippen molar-refractivity contribution in [2.24, 2.45) is 0 Å². The van der Waals surface area contributed by atoms with Gasteiger partial charge in [0.15, 0.2) is 18.2 Å². The highest BCUT2D eigenvalue weighted by Crippen LogP contribution is 2.23. The van der Waals surface area contributed by atoms with Crippen LogP contribution in [-0.4, -0.2) is 12.8 Å². The van der Waals surface area contributed by atoms with E-state index >= 15 is 0 Å². The lowest BCUT2D eigenvalue weighted by Crippen LogP contribution is -2.19. The first-order valence-corrected chi connectivity index (χ1v) is 3.63.